The van der Waals surface area contributed by atoms with Gasteiger partial charge in [0.15, 0.2) is 5.16 Å². The Morgan fingerprint density at radius 3 is 2.91 bits per heavy atom. The molecule has 0 aromatic carbocycles. The predicted molar refractivity (Wildman–Crippen MR) is 86.1 cm³/mol. The van der Waals surface area contributed by atoms with Crippen LogP contribution in [0.3, 0.4) is 0 Å². The van der Waals surface area contributed by atoms with Crippen LogP contribution in [0.5, 0.6) is 0 Å². The zero-order chi connectivity index (χ0) is 15.7. The molecule has 0 saturated carbocycles. The molecular weight excluding hydrogens is 298 g/mol. The van der Waals surface area contributed by atoms with Crippen molar-refractivity contribution in [1.29, 1.82) is 0 Å². The lowest BCUT2D eigenvalue weighted by Crippen LogP contribution is -2.24. The molecule has 0 aliphatic carbocycles. The Kier molecular flexibility index (Phi) is 3.89. The number of carbonyl (C=O) groups is 1. The number of fused-ring (bicyclic) bond motifs is 1. The third kappa shape index (κ3) is 2.71. The summed E-state index contributed by atoms with van der Waals surface area (Å²) in [7, 11) is 1.94. The molecule has 6 nitrogen and oxygen atoms in total. The maximum absolute atomic E-state index is 12.2. The van der Waals surface area contributed by atoms with Crippen LogP contribution in [0.1, 0.15) is 21.7 Å². The minimum atomic E-state index is -0.187. The van der Waals surface area contributed by atoms with E-state index in [1.54, 1.807) is 24.2 Å². The van der Waals surface area contributed by atoms with Crippen LogP contribution < -0.4 is 5.32 Å². The lowest BCUT2D eigenvalue weighted by atomic mass is 10.3. The third-order valence-corrected chi connectivity index (χ3v) is 4.23. The van der Waals surface area contributed by atoms with Crippen LogP contribution in [0, 0.1) is 6.92 Å². The Morgan fingerprint density at radius 1 is 1.36 bits per heavy atom. The smallest absolute Gasteiger partial charge is 0.271 e. The van der Waals surface area contributed by atoms with E-state index in [9.17, 15) is 4.79 Å². The van der Waals surface area contributed by atoms with Gasteiger partial charge in [0.25, 0.3) is 5.91 Å². The predicted octanol–water partition coefficient (Wildman–Crippen LogP) is 2.03. The van der Waals surface area contributed by atoms with Gasteiger partial charge >= 0.3 is 0 Å². The molecule has 0 bridgehead atoms. The van der Waals surface area contributed by atoms with Crippen molar-refractivity contribution in [2.24, 2.45) is 7.05 Å². The van der Waals surface area contributed by atoms with E-state index in [1.165, 1.54) is 0 Å². The number of hydrogen-bond acceptors (Lipinski definition) is 4. The molecule has 1 N–H and O–H groups in total. The number of hydrogen-bond donors (Lipinski definition) is 1. The summed E-state index contributed by atoms with van der Waals surface area (Å²) in [6.45, 7) is 2.43. The molecule has 3 rings (SSSR count). The highest BCUT2D eigenvalue weighted by Crippen LogP contribution is 2.13. The average Bonchev–Trinajstić information content (AvgIpc) is 3.08. The second kappa shape index (κ2) is 5.84. The van der Waals surface area contributed by atoms with Crippen LogP contribution in [-0.2, 0) is 13.6 Å². The lowest BCUT2D eigenvalue weighted by molar-refractivity contribution is 0.0945. The molecule has 0 saturated heterocycles. The third-order valence-electron chi connectivity index (χ3n) is 3.49. The van der Waals surface area contributed by atoms with Gasteiger partial charge in [-0.05, 0) is 24.8 Å². The highest BCUT2D eigenvalue weighted by atomic mass is 32.2. The molecule has 0 aliphatic rings. The van der Waals surface area contributed by atoms with Gasteiger partial charge in [0.1, 0.15) is 11.3 Å². The van der Waals surface area contributed by atoms with Crippen molar-refractivity contribution in [3.05, 3.63) is 47.7 Å². The van der Waals surface area contributed by atoms with Gasteiger partial charge in [0, 0.05) is 19.4 Å². The standard InChI is InChI=1S/C15H17N5OS/c1-10-4-5-13-18-12(9-20(13)8-10)14(21)16-6-11-7-17-15(22-3)19(11)2/h4-5,7-9H,6H2,1-3H3,(H,16,21). The first-order valence-electron chi connectivity index (χ1n) is 6.86. The Labute approximate surface area is 132 Å². The van der Waals surface area contributed by atoms with Crippen molar-refractivity contribution in [1.82, 2.24) is 24.3 Å². The topological polar surface area (TPSA) is 64.2 Å². The van der Waals surface area contributed by atoms with Crippen molar-refractivity contribution < 1.29 is 4.79 Å². The van der Waals surface area contributed by atoms with E-state index in [2.05, 4.69) is 15.3 Å². The van der Waals surface area contributed by atoms with Crippen LogP contribution in [0.25, 0.3) is 5.65 Å². The van der Waals surface area contributed by atoms with Gasteiger partial charge in [-0.3, -0.25) is 4.79 Å². The molecule has 1 amide bonds. The van der Waals surface area contributed by atoms with E-state index in [4.69, 9.17) is 0 Å². The highest BCUT2D eigenvalue weighted by Gasteiger charge is 2.12. The number of pyridine rings is 1. The zero-order valence-electron chi connectivity index (χ0n) is 12.7. The summed E-state index contributed by atoms with van der Waals surface area (Å²) >= 11 is 1.57. The summed E-state index contributed by atoms with van der Waals surface area (Å²) in [5, 5.41) is 3.81. The number of rotatable bonds is 4. The minimum absolute atomic E-state index is 0.187. The molecule has 22 heavy (non-hydrogen) atoms. The van der Waals surface area contributed by atoms with Crippen molar-refractivity contribution in [2.45, 2.75) is 18.6 Å². The fourth-order valence-electron chi connectivity index (χ4n) is 2.25. The monoisotopic (exact) mass is 315 g/mol. The van der Waals surface area contributed by atoms with E-state index in [0.29, 0.717) is 12.2 Å². The van der Waals surface area contributed by atoms with E-state index >= 15 is 0 Å². The highest BCUT2D eigenvalue weighted by molar-refractivity contribution is 7.98. The zero-order valence-corrected chi connectivity index (χ0v) is 13.5. The minimum Gasteiger partial charge on any atom is -0.345 e. The SMILES string of the molecule is CSc1ncc(CNC(=O)c2cn3cc(C)ccc3n2)n1C. The number of nitrogens with one attached hydrogen (secondary N) is 1. The first-order valence-corrected chi connectivity index (χ1v) is 8.09. The van der Waals surface area contributed by atoms with Crippen molar-refractivity contribution >= 4 is 23.3 Å². The second-order valence-corrected chi connectivity index (χ2v) is 5.85. The number of aromatic nitrogens is 4. The maximum atomic E-state index is 12.2. The van der Waals surface area contributed by atoms with Crippen LogP contribution in [0.15, 0.2) is 35.9 Å². The van der Waals surface area contributed by atoms with E-state index in [0.717, 1.165) is 22.1 Å². The summed E-state index contributed by atoms with van der Waals surface area (Å²) < 4.78 is 3.83. The maximum Gasteiger partial charge on any atom is 0.271 e. The lowest BCUT2D eigenvalue weighted by Gasteiger charge is -2.05. The summed E-state index contributed by atoms with van der Waals surface area (Å²) in [6, 6.07) is 3.88. The van der Waals surface area contributed by atoms with Crippen LogP contribution in [0.2, 0.25) is 0 Å². The van der Waals surface area contributed by atoms with Gasteiger partial charge in [-0.2, -0.15) is 0 Å². The second-order valence-electron chi connectivity index (χ2n) is 5.08. The van der Waals surface area contributed by atoms with Gasteiger partial charge in [-0.25, -0.2) is 9.97 Å². The van der Waals surface area contributed by atoms with Gasteiger partial charge in [-0.15, -0.1) is 0 Å². The molecule has 0 fully saturated rings. The molecule has 114 valence electrons. The Hall–Kier alpha value is -2.28. The Morgan fingerprint density at radius 2 is 2.18 bits per heavy atom. The van der Waals surface area contributed by atoms with Crippen LogP contribution in [-0.4, -0.2) is 31.1 Å². The molecule has 0 atom stereocenters. The number of carbonyl (C=O) groups excluding carboxylic acids is 1. The normalized spacial score (nSPS) is 11.0. The summed E-state index contributed by atoms with van der Waals surface area (Å²) in [4.78, 5) is 20.9. The van der Waals surface area contributed by atoms with Crippen molar-refractivity contribution in [2.75, 3.05) is 6.26 Å². The average molecular weight is 315 g/mol. The van der Waals surface area contributed by atoms with Crippen LogP contribution in [0.4, 0.5) is 0 Å². The molecule has 3 aromatic heterocycles. The summed E-state index contributed by atoms with van der Waals surface area (Å²) in [5.74, 6) is -0.187. The first-order chi connectivity index (χ1) is 10.6. The van der Waals surface area contributed by atoms with E-state index in [1.807, 2.05) is 47.5 Å². The molecule has 0 unspecified atom stereocenters. The van der Waals surface area contributed by atoms with Gasteiger partial charge in [0.2, 0.25) is 0 Å². The fraction of sp³-hybridized carbons (Fsp3) is 0.267. The summed E-state index contributed by atoms with van der Waals surface area (Å²) in [6.07, 6.45) is 7.45. The summed E-state index contributed by atoms with van der Waals surface area (Å²) in [5.41, 5.74) is 3.26. The first kappa shape index (κ1) is 14.6. The number of thioether (sulfide) groups is 1. The molecular formula is C15H17N5OS. The van der Waals surface area contributed by atoms with Crippen molar-refractivity contribution in [3.63, 3.8) is 0 Å². The molecule has 3 heterocycles. The molecule has 0 aliphatic heterocycles. The molecule has 0 radical (unpaired) electrons. The fourth-order valence-corrected chi connectivity index (χ4v) is 2.80. The number of aryl methyl sites for hydroxylation is 1. The number of imidazole rings is 2. The molecule has 3 aromatic rings. The van der Waals surface area contributed by atoms with Gasteiger partial charge in [0.05, 0.1) is 18.4 Å². The van der Waals surface area contributed by atoms with E-state index in [-0.39, 0.29) is 5.91 Å². The molecule has 7 heteroatoms. The number of nitrogens with zero attached hydrogens (tertiary/aromatic N) is 4. The van der Waals surface area contributed by atoms with Crippen LogP contribution >= 0.6 is 11.8 Å². The molecule has 0 spiro atoms. The van der Waals surface area contributed by atoms with E-state index < -0.39 is 0 Å². The van der Waals surface area contributed by atoms with Gasteiger partial charge < -0.3 is 14.3 Å². The Balaban J connectivity index is 1.74. The van der Waals surface area contributed by atoms with Gasteiger partial charge in [-0.1, -0.05) is 17.8 Å². The number of amides is 1. The van der Waals surface area contributed by atoms with Crippen molar-refractivity contribution in [3.8, 4) is 0 Å². The largest absolute Gasteiger partial charge is 0.345 e. The quantitative estimate of drug-likeness (QED) is 0.748. The Bertz CT molecular complexity index is 836.